The van der Waals surface area contributed by atoms with Crippen LogP contribution in [0.2, 0.25) is 0 Å². The van der Waals surface area contributed by atoms with E-state index in [4.69, 9.17) is 0 Å². The number of aliphatic carboxylic acids is 1. The molecule has 0 spiro atoms. The normalized spacial score (nSPS) is 22.1. The molecule has 2 unspecified atom stereocenters. The van der Waals surface area contributed by atoms with Gasteiger partial charge >= 0.3 is 0 Å². The third-order valence-corrected chi connectivity index (χ3v) is 7.75. The number of aliphatic hydroxyl groups is 2. The lowest BCUT2D eigenvalue weighted by Gasteiger charge is -2.27. The van der Waals surface area contributed by atoms with Gasteiger partial charge in [0.2, 0.25) is 5.91 Å². The third-order valence-electron chi connectivity index (χ3n) is 7.75. The SMILES string of the molecule is CCNC(=O)CCC/C=C\CC1[C@@H](/C=C/C(CCc2ccccc2)[C@H](CCCCO[N+](=O)[O-])C(=O)[O-])[C@H](O)C[C@@H]1O. The van der Waals surface area contributed by atoms with Gasteiger partial charge in [0.05, 0.1) is 18.8 Å². The molecule has 1 aromatic carbocycles. The predicted octanol–water partition coefficient (Wildman–Crippen LogP) is 3.15. The molecule has 2 rings (SSSR count). The molecule has 0 heterocycles. The lowest BCUT2D eigenvalue weighted by Crippen LogP contribution is -2.36. The Balaban J connectivity index is 2.08. The first-order valence-corrected chi connectivity index (χ1v) is 14.7. The summed E-state index contributed by atoms with van der Waals surface area (Å²) in [6, 6.07) is 9.75. The summed E-state index contributed by atoms with van der Waals surface area (Å²) in [5.41, 5.74) is 1.08. The topological polar surface area (TPSA) is 162 Å². The van der Waals surface area contributed by atoms with Crippen molar-refractivity contribution in [2.45, 2.75) is 83.3 Å². The number of carbonyl (C=O) groups excluding carboxylic acids is 2. The van der Waals surface area contributed by atoms with Crippen LogP contribution in [0.4, 0.5) is 0 Å². The first-order chi connectivity index (χ1) is 19.7. The van der Waals surface area contributed by atoms with Gasteiger partial charge in [-0.3, -0.25) is 4.79 Å². The number of aryl methyl sites for hydroxylation is 1. The number of allylic oxidation sites excluding steroid dienone is 3. The number of hydrogen-bond acceptors (Lipinski definition) is 8. The van der Waals surface area contributed by atoms with E-state index in [-0.39, 0.29) is 43.1 Å². The number of carbonyl (C=O) groups is 2. The van der Waals surface area contributed by atoms with E-state index in [1.807, 2.05) is 61.6 Å². The molecule has 1 aliphatic rings. The Bertz CT molecular complexity index is 984. The van der Waals surface area contributed by atoms with Gasteiger partial charge in [-0.25, -0.2) is 0 Å². The molecule has 1 aliphatic carbocycles. The molecule has 1 fully saturated rings. The molecule has 41 heavy (non-hydrogen) atoms. The van der Waals surface area contributed by atoms with Crippen molar-refractivity contribution >= 4 is 11.9 Å². The lowest BCUT2D eigenvalue weighted by molar-refractivity contribution is -0.757. The second-order valence-electron chi connectivity index (χ2n) is 10.7. The number of benzene rings is 1. The molecule has 10 nitrogen and oxygen atoms in total. The molecule has 0 aliphatic heterocycles. The summed E-state index contributed by atoms with van der Waals surface area (Å²) in [7, 11) is 0. The van der Waals surface area contributed by atoms with Gasteiger partial charge in [0.1, 0.15) is 0 Å². The Hall–Kier alpha value is -3.24. The fourth-order valence-electron chi connectivity index (χ4n) is 5.54. The van der Waals surface area contributed by atoms with Crippen LogP contribution in [-0.2, 0) is 20.8 Å². The number of carboxylic acids is 1. The Labute approximate surface area is 242 Å². The van der Waals surface area contributed by atoms with Gasteiger partial charge in [0.15, 0.2) is 0 Å². The molecule has 3 N–H and O–H groups in total. The number of carboxylic acid groups (broad SMARTS) is 1. The highest BCUT2D eigenvalue weighted by Crippen LogP contribution is 2.37. The Morgan fingerprint density at radius 1 is 1.12 bits per heavy atom. The van der Waals surface area contributed by atoms with Crippen LogP contribution in [0.3, 0.4) is 0 Å². The highest BCUT2D eigenvalue weighted by molar-refractivity contribution is 5.75. The zero-order chi connectivity index (χ0) is 30.0. The molecule has 1 saturated carbocycles. The van der Waals surface area contributed by atoms with Crippen LogP contribution in [0.25, 0.3) is 0 Å². The van der Waals surface area contributed by atoms with Crippen LogP contribution >= 0.6 is 0 Å². The molecule has 1 aromatic rings. The lowest BCUT2D eigenvalue weighted by atomic mass is 9.81. The highest BCUT2D eigenvalue weighted by Gasteiger charge is 2.39. The third kappa shape index (κ3) is 12.9. The molecule has 0 saturated heterocycles. The summed E-state index contributed by atoms with van der Waals surface area (Å²) in [6.45, 7) is 2.40. The van der Waals surface area contributed by atoms with Gasteiger partial charge in [0, 0.05) is 37.2 Å². The van der Waals surface area contributed by atoms with E-state index in [0.717, 1.165) is 18.4 Å². The Morgan fingerprint density at radius 3 is 2.56 bits per heavy atom. The molecule has 228 valence electrons. The second-order valence-corrected chi connectivity index (χ2v) is 10.7. The number of amides is 1. The predicted molar refractivity (Wildman–Crippen MR) is 153 cm³/mol. The van der Waals surface area contributed by atoms with Crippen LogP contribution in [0.5, 0.6) is 0 Å². The number of nitrogens with zero attached hydrogens (tertiary/aromatic N) is 1. The van der Waals surface area contributed by atoms with E-state index in [0.29, 0.717) is 45.1 Å². The van der Waals surface area contributed by atoms with Gasteiger partial charge in [-0.2, -0.15) is 0 Å². The Kier molecular flexibility index (Phi) is 15.7. The van der Waals surface area contributed by atoms with Crippen LogP contribution < -0.4 is 10.4 Å². The van der Waals surface area contributed by atoms with Crippen molar-refractivity contribution in [2.75, 3.05) is 13.2 Å². The quantitative estimate of drug-likeness (QED) is 0.0927. The minimum absolute atomic E-state index is 0.0296. The minimum Gasteiger partial charge on any atom is -0.550 e. The maximum atomic E-state index is 12.2. The molecular weight excluding hydrogens is 528 g/mol. The summed E-state index contributed by atoms with van der Waals surface area (Å²) in [5.74, 6) is -2.88. The fraction of sp³-hybridized carbons (Fsp3) is 0.613. The van der Waals surface area contributed by atoms with Crippen molar-refractivity contribution in [1.82, 2.24) is 5.32 Å². The molecule has 6 atom stereocenters. The van der Waals surface area contributed by atoms with Gasteiger partial charge in [-0.05, 0) is 69.3 Å². The standard InChI is InChI=1S/C31H46N2O8/c1-2-32-30(36)16-9-4-3-8-15-26-27(29(35)22-28(26)34)20-19-24(18-17-23-12-6-5-7-13-23)25(31(37)38)14-10-11-21-41-33(39)40/h3,5-8,12-13,19-20,24-29,34-35H,2,4,9-11,14-18,21-22H2,1H3,(H,32,36)(H,37,38)/p-1/b8-3-,20-19+/t24?,25-,26?,27+,28-,29+/m0/s1. The maximum absolute atomic E-state index is 12.2. The number of hydrogen-bond donors (Lipinski definition) is 3. The van der Waals surface area contributed by atoms with E-state index in [1.54, 1.807) is 0 Å². The summed E-state index contributed by atoms with van der Waals surface area (Å²) in [5, 5.41) is 45.9. The van der Waals surface area contributed by atoms with Crippen LogP contribution in [0.1, 0.15) is 70.3 Å². The van der Waals surface area contributed by atoms with Crippen molar-refractivity contribution in [2.24, 2.45) is 23.7 Å². The first-order valence-electron chi connectivity index (χ1n) is 14.7. The molecular formula is C31H45N2O8-. The van der Waals surface area contributed by atoms with Crippen molar-refractivity contribution in [1.29, 1.82) is 0 Å². The fourth-order valence-corrected chi connectivity index (χ4v) is 5.54. The van der Waals surface area contributed by atoms with E-state index in [1.165, 1.54) is 0 Å². The van der Waals surface area contributed by atoms with E-state index in [2.05, 4.69) is 10.2 Å². The van der Waals surface area contributed by atoms with E-state index < -0.39 is 29.2 Å². The monoisotopic (exact) mass is 573 g/mol. The molecule has 10 heteroatoms. The van der Waals surface area contributed by atoms with Gasteiger partial charge in [-0.15, -0.1) is 10.1 Å². The zero-order valence-electron chi connectivity index (χ0n) is 23.9. The molecule has 1 amide bonds. The van der Waals surface area contributed by atoms with Crippen LogP contribution in [-0.4, -0.2) is 52.5 Å². The summed E-state index contributed by atoms with van der Waals surface area (Å²) < 4.78 is 0. The van der Waals surface area contributed by atoms with Crippen molar-refractivity contribution in [3.63, 3.8) is 0 Å². The minimum atomic E-state index is -1.18. The maximum Gasteiger partial charge on any atom is 0.294 e. The Morgan fingerprint density at radius 2 is 1.88 bits per heavy atom. The van der Waals surface area contributed by atoms with Gasteiger partial charge < -0.3 is 30.3 Å². The summed E-state index contributed by atoms with van der Waals surface area (Å²) >= 11 is 0. The highest BCUT2D eigenvalue weighted by atomic mass is 16.9. The summed E-state index contributed by atoms with van der Waals surface area (Å²) in [6.07, 6.45) is 11.3. The average molecular weight is 574 g/mol. The van der Waals surface area contributed by atoms with Crippen molar-refractivity contribution in [3.05, 3.63) is 70.3 Å². The summed E-state index contributed by atoms with van der Waals surface area (Å²) in [4.78, 5) is 38.5. The van der Waals surface area contributed by atoms with Crippen LogP contribution in [0.15, 0.2) is 54.6 Å². The second kappa shape index (κ2) is 19.0. The van der Waals surface area contributed by atoms with Gasteiger partial charge in [0.25, 0.3) is 5.09 Å². The van der Waals surface area contributed by atoms with Gasteiger partial charge in [-0.1, -0.05) is 61.1 Å². The average Bonchev–Trinajstić information content (AvgIpc) is 3.20. The van der Waals surface area contributed by atoms with Crippen molar-refractivity contribution < 1.29 is 34.8 Å². The molecule has 0 aromatic heterocycles. The first kappa shape index (κ1) is 34.0. The van der Waals surface area contributed by atoms with Crippen molar-refractivity contribution in [3.8, 4) is 0 Å². The zero-order valence-corrected chi connectivity index (χ0v) is 23.9. The number of rotatable bonds is 20. The molecule has 0 bridgehead atoms. The van der Waals surface area contributed by atoms with E-state index >= 15 is 0 Å². The largest absolute Gasteiger partial charge is 0.550 e. The smallest absolute Gasteiger partial charge is 0.294 e. The van der Waals surface area contributed by atoms with Crippen LogP contribution in [0, 0.1) is 33.8 Å². The molecule has 0 radical (unpaired) electrons. The van der Waals surface area contributed by atoms with E-state index in [9.17, 15) is 35.0 Å². The number of nitrogens with one attached hydrogen (secondary N) is 1. The number of unbranched alkanes of at least 4 members (excludes halogenated alkanes) is 2. The number of aliphatic hydroxyl groups excluding tert-OH is 2.